The maximum Gasteiger partial charge on any atom is 0.247 e. The lowest BCUT2D eigenvalue weighted by atomic mass is 10.3. The molecule has 0 aliphatic heterocycles. The van der Waals surface area contributed by atoms with Gasteiger partial charge in [0.25, 0.3) is 0 Å². The quantitative estimate of drug-likeness (QED) is 0.662. The second-order valence-electron chi connectivity index (χ2n) is 3.04. The van der Waals surface area contributed by atoms with Crippen molar-refractivity contribution in [3.8, 4) is 0 Å². The van der Waals surface area contributed by atoms with Crippen molar-refractivity contribution in [1.82, 2.24) is 4.98 Å². The molecule has 0 unspecified atom stereocenters. The smallest absolute Gasteiger partial charge is 0.247 e. The van der Waals surface area contributed by atoms with Crippen molar-refractivity contribution in [2.45, 2.75) is 16.8 Å². The van der Waals surface area contributed by atoms with Gasteiger partial charge in [0, 0.05) is 10.6 Å². The molecule has 0 atom stereocenters. The van der Waals surface area contributed by atoms with Crippen LogP contribution >= 0.6 is 23.5 Å². The van der Waals surface area contributed by atoms with Crippen molar-refractivity contribution < 1.29 is 4.79 Å². The highest BCUT2D eigenvalue weighted by molar-refractivity contribution is 7.99. The van der Waals surface area contributed by atoms with E-state index in [0.29, 0.717) is 0 Å². The van der Waals surface area contributed by atoms with Gasteiger partial charge in [-0.1, -0.05) is 6.58 Å². The number of nitrogens with one attached hydrogen (secondary N) is 1. The summed E-state index contributed by atoms with van der Waals surface area (Å²) in [6.07, 6.45) is 5.17. The zero-order valence-corrected chi connectivity index (χ0v) is 11.2. The van der Waals surface area contributed by atoms with Crippen molar-refractivity contribution >= 4 is 35.1 Å². The van der Waals surface area contributed by atoms with Gasteiger partial charge in [-0.2, -0.15) is 0 Å². The fourth-order valence-electron chi connectivity index (χ4n) is 1.21. The van der Waals surface area contributed by atoms with Crippen LogP contribution in [0.1, 0.15) is 5.69 Å². The van der Waals surface area contributed by atoms with Gasteiger partial charge in [0.15, 0.2) is 0 Å². The molecule has 0 aliphatic carbocycles. The lowest BCUT2D eigenvalue weighted by Gasteiger charge is -2.12. The average molecular weight is 254 g/mol. The minimum absolute atomic E-state index is 0.212. The van der Waals surface area contributed by atoms with E-state index >= 15 is 0 Å². The minimum atomic E-state index is -0.212. The molecule has 5 heteroatoms. The number of carbonyl (C=O) groups excluding carboxylic acids is 1. The van der Waals surface area contributed by atoms with Crippen molar-refractivity contribution in [2.75, 3.05) is 17.8 Å². The summed E-state index contributed by atoms with van der Waals surface area (Å²) in [7, 11) is 0. The molecule has 0 saturated heterocycles. The molecule has 86 valence electrons. The predicted molar refractivity (Wildman–Crippen MR) is 71.4 cm³/mol. The van der Waals surface area contributed by atoms with Crippen LogP contribution in [0.25, 0.3) is 0 Å². The van der Waals surface area contributed by atoms with Crippen molar-refractivity contribution in [3.63, 3.8) is 0 Å². The molecular formula is C11H14N2OS2. The summed E-state index contributed by atoms with van der Waals surface area (Å²) >= 11 is 3.11. The second kappa shape index (κ2) is 5.96. The number of rotatable bonds is 4. The molecule has 1 amide bonds. The second-order valence-corrected chi connectivity index (χ2v) is 4.69. The standard InChI is InChI=1S/C11H14N2OS2/c1-5-9(14)13-10-8(15-3)6-7(2)12-11(10)16-4/h5-6H,1H2,2-4H3,(H,13,14). The number of amides is 1. The van der Waals surface area contributed by atoms with Crippen LogP contribution < -0.4 is 5.32 Å². The number of thioether (sulfide) groups is 2. The first kappa shape index (κ1) is 13.1. The van der Waals surface area contributed by atoms with E-state index in [2.05, 4.69) is 16.9 Å². The molecule has 0 aliphatic rings. The summed E-state index contributed by atoms with van der Waals surface area (Å²) in [4.78, 5) is 16.7. The number of anilines is 1. The first-order valence-corrected chi connectivity index (χ1v) is 7.10. The molecule has 1 aromatic rings. The van der Waals surface area contributed by atoms with Gasteiger partial charge < -0.3 is 5.32 Å². The number of carbonyl (C=O) groups is 1. The normalized spacial score (nSPS) is 9.94. The highest BCUT2D eigenvalue weighted by Crippen LogP contribution is 2.33. The Morgan fingerprint density at radius 3 is 2.69 bits per heavy atom. The molecule has 1 rings (SSSR count). The third kappa shape index (κ3) is 3.02. The average Bonchev–Trinajstić information content (AvgIpc) is 2.30. The lowest BCUT2D eigenvalue weighted by molar-refractivity contribution is -0.111. The Balaban J connectivity index is 3.21. The molecule has 0 radical (unpaired) electrons. The van der Waals surface area contributed by atoms with E-state index in [-0.39, 0.29) is 5.91 Å². The zero-order chi connectivity index (χ0) is 12.1. The minimum Gasteiger partial charge on any atom is -0.319 e. The maximum atomic E-state index is 11.3. The van der Waals surface area contributed by atoms with Gasteiger partial charge in [0.1, 0.15) is 5.03 Å². The van der Waals surface area contributed by atoms with Crippen molar-refractivity contribution in [1.29, 1.82) is 0 Å². The summed E-state index contributed by atoms with van der Waals surface area (Å²) in [6, 6.07) is 1.96. The van der Waals surface area contributed by atoms with Gasteiger partial charge in [-0.15, -0.1) is 23.5 Å². The summed E-state index contributed by atoms with van der Waals surface area (Å²) < 4.78 is 0. The number of aryl methyl sites for hydroxylation is 1. The SMILES string of the molecule is C=CC(=O)Nc1c(SC)cc(C)nc1SC. The van der Waals surface area contributed by atoms with Crippen LogP contribution in [-0.4, -0.2) is 23.4 Å². The van der Waals surface area contributed by atoms with E-state index in [4.69, 9.17) is 0 Å². The summed E-state index contributed by atoms with van der Waals surface area (Å²) in [5.74, 6) is -0.212. The fraction of sp³-hybridized carbons (Fsp3) is 0.273. The number of hydrogen-bond donors (Lipinski definition) is 1. The van der Waals surface area contributed by atoms with Gasteiger partial charge in [0.2, 0.25) is 5.91 Å². The Kier molecular flexibility index (Phi) is 4.89. The van der Waals surface area contributed by atoms with Gasteiger partial charge in [-0.3, -0.25) is 4.79 Å². The van der Waals surface area contributed by atoms with E-state index in [1.807, 2.05) is 25.5 Å². The van der Waals surface area contributed by atoms with Crippen molar-refractivity contribution in [2.24, 2.45) is 0 Å². The Hall–Kier alpha value is -0.940. The zero-order valence-electron chi connectivity index (χ0n) is 9.53. The van der Waals surface area contributed by atoms with E-state index in [1.54, 1.807) is 11.8 Å². The molecule has 0 fully saturated rings. The van der Waals surface area contributed by atoms with Gasteiger partial charge in [-0.05, 0) is 31.6 Å². The van der Waals surface area contributed by atoms with Crippen LogP contribution in [0.5, 0.6) is 0 Å². The molecule has 1 N–H and O–H groups in total. The van der Waals surface area contributed by atoms with E-state index in [0.717, 1.165) is 21.3 Å². The molecule has 1 heterocycles. The number of pyridine rings is 1. The van der Waals surface area contributed by atoms with Crippen LogP contribution in [0.15, 0.2) is 28.6 Å². The van der Waals surface area contributed by atoms with E-state index in [1.165, 1.54) is 17.8 Å². The third-order valence-electron chi connectivity index (χ3n) is 1.93. The van der Waals surface area contributed by atoms with Crippen molar-refractivity contribution in [3.05, 3.63) is 24.4 Å². The van der Waals surface area contributed by atoms with E-state index in [9.17, 15) is 4.79 Å². The molecular weight excluding hydrogens is 240 g/mol. The topological polar surface area (TPSA) is 42.0 Å². The third-order valence-corrected chi connectivity index (χ3v) is 3.37. The lowest BCUT2D eigenvalue weighted by Crippen LogP contribution is -2.10. The highest BCUT2D eigenvalue weighted by Gasteiger charge is 2.11. The molecule has 0 bridgehead atoms. The van der Waals surface area contributed by atoms with Crippen LogP contribution in [0, 0.1) is 6.92 Å². The highest BCUT2D eigenvalue weighted by atomic mass is 32.2. The van der Waals surface area contributed by atoms with Gasteiger partial charge >= 0.3 is 0 Å². The Morgan fingerprint density at radius 1 is 1.50 bits per heavy atom. The van der Waals surface area contributed by atoms with Crippen LogP contribution in [0.2, 0.25) is 0 Å². The Morgan fingerprint density at radius 2 is 2.19 bits per heavy atom. The largest absolute Gasteiger partial charge is 0.319 e. The van der Waals surface area contributed by atoms with Gasteiger partial charge in [-0.25, -0.2) is 4.98 Å². The molecule has 0 saturated carbocycles. The summed E-state index contributed by atoms with van der Waals surface area (Å²) in [6.45, 7) is 5.38. The molecule has 0 spiro atoms. The Bertz CT molecular complexity index is 393. The van der Waals surface area contributed by atoms with E-state index < -0.39 is 0 Å². The summed E-state index contributed by atoms with van der Waals surface area (Å²) in [5.41, 5.74) is 1.72. The summed E-state index contributed by atoms with van der Waals surface area (Å²) in [5, 5.41) is 3.63. The first-order chi connectivity index (χ1) is 7.62. The fourth-order valence-corrected chi connectivity index (χ4v) is 2.52. The van der Waals surface area contributed by atoms with Crippen LogP contribution in [0.4, 0.5) is 5.69 Å². The van der Waals surface area contributed by atoms with Crippen LogP contribution in [0.3, 0.4) is 0 Å². The maximum absolute atomic E-state index is 11.3. The number of hydrogen-bond acceptors (Lipinski definition) is 4. The molecule has 16 heavy (non-hydrogen) atoms. The van der Waals surface area contributed by atoms with Gasteiger partial charge in [0.05, 0.1) is 5.69 Å². The Labute approximate surface area is 104 Å². The first-order valence-electron chi connectivity index (χ1n) is 4.65. The number of nitrogens with zero attached hydrogens (tertiary/aromatic N) is 1. The molecule has 0 aromatic carbocycles. The van der Waals surface area contributed by atoms with Crippen LogP contribution in [-0.2, 0) is 4.79 Å². The monoisotopic (exact) mass is 254 g/mol. The molecule has 1 aromatic heterocycles. The molecule has 3 nitrogen and oxygen atoms in total. The predicted octanol–water partition coefficient (Wildman–Crippen LogP) is 2.96. The number of aromatic nitrogens is 1.